The van der Waals surface area contributed by atoms with Crippen LogP contribution in [-0.2, 0) is 13.0 Å². The van der Waals surface area contributed by atoms with Crippen molar-refractivity contribution in [3.05, 3.63) is 65.5 Å². The Kier molecular flexibility index (Phi) is 6.62. The number of hydrogen-bond acceptors (Lipinski definition) is 4. The van der Waals surface area contributed by atoms with Crippen LogP contribution in [0.4, 0.5) is 0 Å². The second-order valence-corrected chi connectivity index (χ2v) is 6.44. The van der Waals surface area contributed by atoms with Crippen LogP contribution in [0.1, 0.15) is 16.7 Å². The second-order valence-electron chi connectivity index (χ2n) is 6.44. The van der Waals surface area contributed by atoms with E-state index in [0.29, 0.717) is 6.54 Å². The molecule has 0 amide bonds. The van der Waals surface area contributed by atoms with Crippen LogP contribution in [0.25, 0.3) is 11.4 Å². The third-order valence-corrected chi connectivity index (χ3v) is 4.48. The average molecular weight is 378 g/mol. The number of rotatable bonds is 7. The summed E-state index contributed by atoms with van der Waals surface area (Å²) in [7, 11) is 3.47. The Morgan fingerprint density at radius 1 is 1.14 bits per heavy atom. The number of nitrogens with zero attached hydrogens (tertiary/aromatic N) is 3. The van der Waals surface area contributed by atoms with Gasteiger partial charge >= 0.3 is 0 Å². The molecular weight excluding hydrogens is 352 g/mol. The van der Waals surface area contributed by atoms with Crippen LogP contribution in [0.3, 0.4) is 0 Å². The summed E-state index contributed by atoms with van der Waals surface area (Å²) in [5, 5.41) is 13.5. The van der Waals surface area contributed by atoms with Crippen LogP contribution < -0.4 is 15.4 Å². The van der Waals surface area contributed by atoms with Gasteiger partial charge in [0.05, 0.1) is 7.11 Å². The highest BCUT2D eigenvalue weighted by atomic mass is 16.5. The fourth-order valence-corrected chi connectivity index (χ4v) is 2.92. The summed E-state index contributed by atoms with van der Waals surface area (Å²) in [6.07, 6.45) is 2.40. The molecule has 3 rings (SSSR count). The number of methoxy groups -OCH3 is 1. The van der Waals surface area contributed by atoms with E-state index in [9.17, 15) is 0 Å². The van der Waals surface area contributed by atoms with Gasteiger partial charge in [-0.15, -0.1) is 0 Å². The van der Waals surface area contributed by atoms with Gasteiger partial charge in [0.2, 0.25) is 0 Å². The first-order chi connectivity index (χ1) is 13.7. The zero-order chi connectivity index (χ0) is 19.8. The molecule has 0 spiro atoms. The number of guanidine groups is 1. The predicted molar refractivity (Wildman–Crippen MR) is 111 cm³/mol. The van der Waals surface area contributed by atoms with E-state index >= 15 is 0 Å². The van der Waals surface area contributed by atoms with Gasteiger partial charge in [0.1, 0.15) is 12.1 Å². The Labute approximate surface area is 165 Å². The van der Waals surface area contributed by atoms with Gasteiger partial charge < -0.3 is 15.4 Å². The van der Waals surface area contributed by atoms with Gasteiger partial charge in [-0.05, 0) is 42.2 Å². The fourth-order valence-electron chi connectivity index (χ4n) is 2.92. The highest BCUT2D eigenvalue weighted by molar-refractivity contribution is 5.79. The Hall–Kier alpha value is -3.35. The highest BCUT2D eigenvalue weighted by Crippen LogP contribution is 2.19. The van der Waals surface area contributed by atoms with E-state index in [1.54, 1.807) is 14.2 Å². The maximum Gasteiger partial charge on any atom is 0.191 e. The van der Waals surface area contributed by atoms with Crippen molar-refractivity contribution in [2.45, 2.75) is 19.9 Å². The second kappa shape index (κ2) is 9.55. The molecule has 7 heteroatoms. The summed E-state index contributed by atoms with van der Waals surface area (Å²) in [4.78, 5) is 8.49. The van der Waals surface area contributed by atoms with E-state index < -0.39 is 0 Å². The van der Waals surface area contributed by atoms with Crippen molar-refractivity contribution in [2.75, 3.05) is 20.7 Å². The first kappa shape index (κ1) is 19.4. The lowest BCUT2D eigenvalue weighted by atomic mass is 10.1. The van der Waals surface area contributed by atoms with E-state index in [1.807, 2.05) is 19.1 Å². The van der Waals surface area contributed by atoms with Gasteiger partial charge in [-0.3, -0.25) is 10.1 Å². The third-order valence-electron chi connectivity index (χ3n) is 4.48. The molecule has 0 radical (unpaired) electrons. The highest BCUT2D eigenvalue weighted by Gasteiger charge is 2.04. The van der Waals surface area contributed by atoms with Crippen molar-refractivity contribution in [2.24, 2.45) is 4.99 Å². The molecule has 28 heavy (non-hydrogen) atoms. The predicted octanol–water partition coefficient (Wildman–Crippen LogP) is 2.70. The quantitative estimate of drug-likeness (QED) is 0.435. The molecule has 0 unspecified atom stereocenters. The molecule has 0 fully saturated rings. The molecule has 0 atom stereocenters. The number of H-pyrrole nitrogens is 1. The molecular formula is C21H26N6O. The fraction of sp³-hybridized carbons (Fsp3) is 0.286. The van der Waals surface area contributed by atoms with Crippen LogP contribution in [0.5, 0.6) is 5.75 Å². The molecule has 3 aromatic rings. The number of aryl methyl sites for hydroxylation is 1. The van der Waals surface area contributed by atoms with Gasteiger partial charge in [0.15, 0.2) is 11.8 Å². The lowest BCUT2D eigenvalue weighted by Gasteiger charge is -2.13. The third kappa shape index (κ3) is 5.09. The van der Waals surface area contributed by atoms with Crippen molar-refractivity contribution in [1.82, 2.24) is 25.8 Å². The zero-order valence-corrected chi connectivity index (χ0v) is 16.5. The van der Waals surface area contributed by atoms with E-state index in [1.165, 1.54) is 11.9 Å². The minimum absolute atomic E-state index is 0.667. The van der Waals surface area contributed by atoms with Crippen molar-refractivity contribution >= 4 is 5.96 Å². The smallest absolute Gasteiger partial charge is 0.191 e. The first-order valence-electron chi connectivity index (χ1n) is 9.22. The molecule has 0 saturated heterocycles. The lowest BCUT2D eigenvalue weighted by molar-refractivity contribution is 0.411. The largest absolute Gasteiger partial charge is 0.496 e. The van der Waals surface area contributed by atoms with Gasteiger partial charge in [-0.2, -0.15) is 5.10 Å². The number of aromatic nitrogens is 3. The molecule has 1 aromatic heterocycles. The monoisotopic (exact) mass is 378 g/mol. The Morgan fingerprint density at radius 3 is 2.79 bits per heavy atom. The van der Waals surface area contributed by atoms with Crippen molar-refractivity contribution in [3.8, 4) is 17.1 Å². The topological polar surface area (TPSA) is 87.2 Å². The number of aromatic amines is 1. The van der Waals surface area contributed by atoms with Gasteiger partial charge in [0.25, 0.3) is 0 Å². The minimum Gasteiger partial charge on any atom is -0.496 e. The molecule has 7 nitrogen and oxygen atoms in total. The molecule has 3 N–H and O–H groups in total. The maximum absolute atomic E-state index is 5.39. The van der Waals surface area contributed by atoms with Crippen molar-refractivity contribution in [3.63, 3.8) is 0 Å². The summed E-state index contributed by atoms with van der Waals surface area (Å²) in [6, 6.07) is 14.5. The summed E-state index contributed by atoms with van der Waals surface area (Å²) in [6.45, 7) is 3.49. The number of nitrogens with one attached hydrogen (secondary N) is 3. The number of ether oxygens (including phenoxy) is 1. The van der Waals surface area contributed by atoms with Gasteiger partial charge in [-0.25, -0.2) is 4.98 Å². The van der Waals surface area contributed by atoms with Crippen LogP contribution in [0.15, 0.2) is 53.8 Å². The SMILES string of the molecule is CN=C(NCCc1ccc(C)c(OC)c1)NCc1cccc(-c2ncn[nH]2)c1. The van der Waals surface area contributed by atoms with Gasteiger partial charge in [-0.1, -0.05) is 30.3 Å². The average Bonchev–Trinajstić information content (AvgIpc) is 3.27. The summed E-state index contributed by atoms with van der Waals surface area (Å²) in [5.74, 6) is 2.45. The molecule has 2 aromatic carbocycles. The Bertz CT molecular complexity index is 920. The first-order valence-corrected chi connectivity index (χ1v) is 9.22. The van der Waals surface area contributed by atoms with Crippen LogP contribution >= 0.6 is 0 Å². The Morgan fingerprint density at radius 2 is 2.04 bits per heavy atom. The van der Waals surface area contributed by atoms with E-state index in [2.05, 4.69) is 61.1 Å². The van der Waals surface area contributed by atoms with E-state index in [-0.39, 0.29) is 0 Å². The van der Waals surface area contributed by atoms with Gasteiger partial charge in [0, 0.05) is 25.7 Å². The lowest BCUT2D eigenvalue weighted by Crippen LogP contribution is -2.37. The molecule has 0 aliphatic carbocycles. The minimum atomic E-state index is 0.667. The van der Waals surface area contributed by atoms with E-state index in [0.717, 1.165) is 47.2 Å². The molecule has 0 bridgehead atoms. The Balaban J connectivity index is 1.51. The molecule has 0 saturated carbocycles. The number of aliphatic imine (C=N–C) groups is 1. The molecule has 146 valence electrons. The molecule has 0 aliphatic rings. The molecule has 1 heterocycles. The standard InChI is InChI=1S/C21H26N6O/c1-15-7-8-16(12-19(15)28-3)9-10-23-21(22-2)24-13-17-5-4-6-18(11-17)20-25-14-26-27-20/h4-8,11-12,14H,9-10,13H2,1-3H3,(H2,22,23,24)(H,25,26,27). The number of hydrogen-bond donors (Lipinski definition) is 3. The zero-order valence-electron chi connectivity index (χ0n) is 16.5. The summed E-state index contributed by atoms with van der Waals surface area (Å²) >= 11 is 0. The van der Waals surface area contributed by atoms with Crippen LogP contribution in [0, 0.1) is 6.92 Å². The normalized spacial score (nSPS) is 11.3. The van der Waals surface area contributed by atoms with Crippen LogP contribution in [0.2, 0.25) is 0 Å². The van der Waals surface area contributed by atoms with Crippen molar-refractivity contribution < 1.29 is 4.74 Å². The van der Waals surface area contributed by atoms with Crippen LogP contribution in [-0.4, -0.2) is 41.8 Å². The summed E-state index contributed by atoms with van der Waals surface area (Å²) < 4.78 is 5.39. The number of benzene rings is 2. The molecule has 0 aliphatic heterocycles. The van der Waals surface area contributed by atoms with Crippen molar-refractivity contribution in [1.29, 1.82) is 0 Å². The maximum atomic E-state index is 5.39. The van der Waals surface area contributed by atoms with E-state index in [4.69, 9.17) is 4.74 Å². The summed E-state index contributed by atoms with van der Waals surface area (Å²) in [5.41, 5.74) is 4.52.